The Hall–Kier alpha value is -2.95. The van der Waals surface area contributed by atoms with Gasteiger partial charge in [-0.15, -0.1) is 0 Å². The summed E-state index contributed by atoms with van der Waals surface area (Å²) in [7, 11) is 0. The third-order valence-corrected chi connectivity index (χ3v) is 7.27. The Balaban J connectivity index is 0.000000299. The molecule has 1 fully saturated rings. The zero-order valence-electron chi connectivity index (χ0n) is 26.5. The Morgan fingerprint density at radius 1 is 1.05 bits per heavy atom. The van der Waals surface area contributed by atoms with Crippen LogP contribution in [0.25, 0.3) is 11.6 Å². The van der Waals surface area contributed by atoms with Gasteiger partial charge >= 0.3 is 6.09 Å². The van der Waals surface area contributed by atoms with Crippen LogP contribution in [0.4, 0.5) is 4.79 Å². The van der Waals surface area contributed by atoms with Crippen LogP contribution in [0.5, 0.6) is 0 Å². The summed E-state index contributed by atoms with van der Waals surface area (Å²) in [6.07, 6.45) is 9.17. The fraction of sp³-hybridized carbons (Fsp3) is 0.571. The number of hydrogen-bond donors (Lipinski definition) is 0. The van der Waals surface area contributed by atoms with Crippen molar-refractivity contribution in [3.8, 4) is 0 Å². The van der Waals surface area contributed by atoms with E-state index in [0.717, 1.165) is 50.4 Å². The molecule has 4 rings (SSSR count). The third kappa shape index (κ3) is 9.91. The third-order valence-electron chi connectivity index (χ3n) is 7.27. The largest absolute Gasteiger partial charge is 0.444 e. The van der Waals surface area contributed by atoms with Crippen LogP contribution in [0.1, 0.15) is 128 Å². The van der Waals surface area contributed by atoms with Crippen LogP contribution in [0.2, 0.25) is 0 Å². The van der Waals surface area contributed by atoms with Gasteiger partial charge in [0.25, 0.3) is 0 Å². The molecule has 2 aliphatic rings. The lowest BCUT2D eigenvalue weighted by Gasteiger charge is -2.32. The van der Waals surface area contributed by atoms with Crippen molar-refractivity contribution in [1.29, 1.82) is 0 Å². The number of likely N-dealkylation sites (tertiary alicyclic amines) is 1. The molecule has 40 heavy (non-hydrogen) atoms. The second kappa shape index (κ2) is 15.7. The van der Waals surface area contributed by atoms with Gasteiger partial charge in [-0.3, -0.25) is 9.78 Å². The monoisotopic (exact) mass is 548 g/mol. The molecule has 1 aromatic carbocycles. The quantitative estimate of drug-likeness (QED) is 0.374. The lowest BCUT2D eigenvalue weighted by Crippen LogP contribution is -2.41. The molecule has 0 N–H and O–H groups in total. The van der Waals surface area contributed by atoms with Crippen LogP contribution >= 0.6 is 0 Å². The van der Waals surface area contributed by atoms with Gasteiger partial charge in [0, 0.05) is 38.0 Å². The number of benzene rings is 1. The van der Waals surface area contributed by atoms with Crippen molar-refractivity contribution in [3.05, 3.63) is 64.5 Å². The van der Waals surface area contributed by atoms with Gasteiger partial charge in [-0.2, -0.15) is 0 Å². The first kappa shape index (κ1) is 33.3. The summed E-state index contributed by atoms with van der Waals surface area (Å²) >= 11 is 0. The number of carbonyl (C=O) groups is 2. The van der Waals surface area contributed by atoms with E-state index in [2.05, 4.69) is 63.0 Å². The van der Waals surface area contributed by atoms with Crippen LogP contribution in [0.3, 0.4) is 0 Å². The van der Waals surface area contributed by atoms with Crippen LogP contribution < -0.4 is 0 Å². The molecule has 1 aliphatic carbocycles. The van der Waals surface area contributed by atoms with E-state index in [1.54, 1.807) is 0 Å². The summed E-state index contributed by atoms with van der Waals surface area (Å²) in [5.41, 5.74) is 7.04. The minimum atomic E-state index is -0.375. The Bertz CT molecular complexity index is 1140. The fourth-order valence-electron chi connectivity index (χ4n) is 5.05. The SMILES string of the molecule is CC.CC1CCN(C(=O)OC(C)(C)C)CC1.CCCC(=O)CCC1=Cc2cccnc2C(C)c2ccc(C)cc21. The van der Waals surface area contributed by atoms with E-state index in [1.165, 1.54) is 27.8 Å². The summed E-state index contributed by atoms with van der Waals surface area (Å²) in [5, 5.41) is 0. The second-order valence-electron chi connectivity index (χ2n) is 11.9. The molecule has 2 heterocycles. The fourth-order valence-corrected chi connectivity index (χ4v) is 5.05. The molecule has 1 saturated heterocycles. The summed E-state index contributed by atoms with van der Waals surface area (Å²) in [4.78, 5) is 30.1. The smallest absolute Gasteiger partial charge is 0.410 e. The standard InChI is InChI=1S/C22H25NO.C11H21NO2.C2H6/c1-4-6-19(24)10-9-17-14-18-7-5-12-23-22(18)16(3)20-11-8-15(2)13-21(17)20;1-9-5-7-12(8-6-9)10(13)14-11(2,3)4;1-2/h5,7-8,11-14,16H,4,6,9-10H2,1-3H3;9H,5-8H2,1-4H3;1-2H3. The Labute approximate surface area is 243 Å². The van der Waals surface area contributed by atoms with Crippen LogP contribution in [0.15, 0.2) is 36.5 Å². The zero-order valence-corrected chi connectivity index (χ0v) is 26.5. The summed E-state index contributed by atoms with van der Waals surface area (Å²) < 4.78 is 5.30. The molecule has 1 aliphatic heterocycles. The molecule has 5 heteroatoms. The topological polar surface area (TPSA) is 59.5 Å². The molecular weight excluding hydrogens is 496 g/mol. The number of aryl methyl sites for hydroxylation is 1. The number of carbonyl (C=O) groups excluding carboxylic acids is 2. The lowest BCUT2D eigenvalue weighted by atomic mass is 9.88. The van der Waals surface area contributed by atoms with E-state index in [4.69, 9.17) is 4.74 Å². The molecule has 0 spiro atoms. The first-order valence-electron chi connectivity index (χ1n) is 15.2. The summed E-state index contributed by atoms with van der Waals surface area (Å²) in [5.74, 6) is 1.36. The van der Waals surface area contributed by atoms with E-state index >= 15 is 0 Å². The molecule has 1 aromatic heterocycles. The number of hydrogen-bond acceptors (Lipinski definition) is 4. The van der Waals surface area contributed by atoms with Crippen molar-refractivity contribution >= 4 is 23.5 Å². The molecule has 0 saturated carbocycles. The second-order valence-corrected chi connectivity index (χ2v) is 11.9. The predicted octanol–water partition coefficient (Wildman–Crippen LogP) is 9.22. The van der Waals surface area contributed by atoms with Crippen molar-refractivity contribution in [2.75, 3.05) is 13.1 Å². The molecule has 220 valence electrons. The van der Waals surface area contributed by atoms with E-state index < -0.39 is 0 Å². The lowest BCUT2D eigenvalue weighted by molar-refractivity contribution is -0.119. The molecular formula is C35H52N2O3. The number of aromatic nitrogens is 1. The average molecular weight is 549 g/mol. The maximum atomic E-state index is 12.0. The minimum Gasteiger partial charge on any atom is -0.444 e. The van der Waals surface area contributed by atoms with E-state index in [9.17, 15) is 9.59 Å². The van der Waals surface area contributed by atoms with Gasteiger partial charge in [0.2, 0.25) is 0 Å². The zero-order chi connectivity index (χ0) is 29.9. The maximum Gasteiger partial charge on any atom is 0.410 e. The van der Waals surface area contributed by atoms with Gasteiger partial charge in [-0.1, -0.05) is 64.4 Å². The molecule has 0 bridgehead atoms. The number of nitrogens with zero attached hydrogens (tertiary/aromatic N) is 2. The van der Waals surface area contributed by atoms with Crippen molar-refractivity contribution < 1.29 is 14.3 Å². The van der Waals surface area contributed by atoms with Gasteiger partial charge in [0.1, 0.15) is 11.4 Å². The van der Waals surface area contributed by atoms with Crippen molar-refractivity contribution in [3.63, 3.8) is 0 Å². The number of amides is 1. The minimum absolute atomic E-state index is 0.163. The molecule has 2 aromatic rings. The van der Waals surface area contributed by atoms with Crippen molar-refractivity contribution in [1.82, 2.24) is 9.88 Å². The summed E-state index contributed by atoms with van der Waals surface area (Å²) in [6, 6.07) is 10.8. The summed E-state index contributed by atoms with van der Waals surface area (Å²) in [6.45, 7) is 20.0. The normalized spacial score (nSPS) is 16.6. The van der Waals surface area contributed by atoms with E-state index in [1.807, 2.05) is 51.8 Å². The molecule has 1 unspecified atom stereocenters. The predicted molar refractivity (Wildman–Crippen MR) is 168 cm³/mol. The highest BCUT2D eigenvalue weighted by Gasteiger charge is 2.25. The van der Waals surface area contributed by atoms with Crippen LogP contribution in [0, 0.1) is 12.8 Å². The molecule has 1 amide bonds. The van der Waals surface area contributed by atoms with Gasteiger partial charge in [0.05, 0.1) is 5.69 Å². The molecule has 0 radical (unpaired) electrons. The Kier molecular flexibility index (Phi) is 13.1. The molecule has 5 nitrogen and oxygen atoms in total. The van der Waals surface area contributed by atoms with E-state index in [-0.39, 0.29) is 17.6 Å². The Morgan fingerprint density at radius 2 is 1.73 bits per heavy atom. The van der Waals surface area contributed by atoms with Gasteiger partial charge in [-0.25, -0.2) is 4.79 Å². The number of piperidine rings is 1. The Morgan fingerprint density at radius 3 is 2.35 bits per heavy atom. The van der Waals surface area contributed by atoms with Crippen molar-refractivity contribution in [2.24, 2.45) is 5.92 Å². The first-order valence-corrected chi connectivity index (χ1v) is 15.2. The number of fused-ring (bicyclic) bond motifs is 2. The highest BCUT2D eigenvalue weighted by atomic mass is 16.6. The molecule has 1 atom stereocenters. The number of ketones is 1. The maximum absolute atomic E-state index is 12.0. The van der Waals surface area contributed by atoms with E-state index in [0.29, 0.717) is 18.6 Å². The average Bonchev–Trinajstić information content (AvgIpc) is 3.03. The number of rotatable bonds is 5. The van der Waals surface area contributed by atoms with Gasteiger partial charge in [0.15, 0.2) is 0 Å². The van der Waals surface area contributed by atoms with Crippen LogP contribution in [-0.4, -0.2) is 40.5 Å². The van der Waals surface area contributed by atoms with Gasteiger partial charge in [-0.05, 0) is 93.7 Å². The number of ether oxygens (including phenoxy) is 1. The highest BCUT2D eigenvalue weighted by Crippen LogP contribution is 2.38. The highest BCUT2D eigenvalue weighted by molar-refractivity contribution is 5.88. The number of pyridine rings is 1. The number of allylic oxidation sites excluding steroid dienone is 1. The van der Waals surface area contributed by atoms with Crippen molar-refractivity contribution in [2.45, 2.75) is 112 Å². The first-order chi connectivity index (χ1) is 19.0. The number of Topliss-reactive ketones (excluding diaryl/α,β-unsaturated/α-hetero) is 1. The van der Waals surface area contributed by atoms with Gasteiger partial charge < -0.3 is 9.64 Å². The van der Waals surface area contributed by atoms with Crippen LogP contribution in [-0.2, 0) is 9.53 Å².